The Balaban J connectivity index is 1.19. The van der Waals surface area contributed by atoms with Crippen molar-refractivity contribution in [1.29, 1.82) is 0 Å². The summed E-state index contributed by atoms with van der Waals surface area (Å²) in [6.07, 6.45) is 0. The molecule has 49 heavy (non-hydrogen) atoms. The van der Waals surface area contributed by atoms with E-state index in [-0.39, 0.29) is 14.5 Å². The van der Waals surface area contributed by atoms with E-state index in [1.54, 1.807) is 0 Å². The molecular weight excluding hydrogens is 661 g/mol. The molecule has 0 saturated heterocycles. The van der Waals surface area contributed by atoms with Gasteiger partial charge in [-0.25, -0.2) is 0 Å². The zero-order chi connectivity index (χ0) is 32.3. The second-order valence-corrected chi connectivity index (χ2v) is 14.5. The van der Waals surface area contributed by atoms with Crippen molar-refractivity contribution in [2.75, 3.05) is 0 Å². The Morgan fingerprint density at radius 2 is 0.714 bits per heavy atom. The number of nitrogens with zero attached hydrogens (tertiary/aromatic N) is 3. The van der Waals surface area contributed by atoms with Gasteiger partial charge in [0.25, 0.3) is 0 Å². The summed E-state index contributed by atoms with van der Waals surface area (Å²) < 4.78 is 2.72. The fourth-order valence-corrected chi connectivity index (χ4v) is 10.1. The summed E-state index contributed by atoms with van der Waals surface area (Å²) in [6.45, 7) is 0. The van der Waals surface area contributed by atoms with E-state index in [1.165, 1.54) is 62.7 Å². The van der Waals surface area contributed by atoms with Gasteiger partial charge in [0, 0.05) is 0 Å². The molecule has 0 N–H and O–H groups in total. The molecule has 0 atom stereocenters. The van der Waals surface area contributed by atoms with Crippen LogP contribution in [0.4, 0.5) is 0 Å². The third-order valence-electron chi connectivity index (χ3n) is 9.52. The van der Waals surface area contributed by atoms with Gasteiger partial charge in [-0.2, -0.15) is 0 Å². The summed E-state index contributed by atoms with van der Waals surface area (Å²) in [6, 6.07) is 58.4. The number of hydrogen-bond acceptors (Lipinski definition) is 3. The van der Waals surface area contributed by atoms with E-state index in [1.807, 2.05) is 36.4 Å². The molecule has 0 amide bonds. The van der Waals surface area contributed by atoms with E-state index in [0.717, 1.165) is 16.7 Å². The first-order valence-corrected chi connectivity index (χ1v) is 18.2. The van der Waals surface area contributed by atoms with Crippen LogP contribution in [0.2, 0.25) is 0 Å². The third-order valence-corrected chi connectivity index (χ3v) is 12.2. The molecule has 228 valence electrons. The number of hydrogen-bond donors (Lipinski definition) is 0. The van der Waals surface area contributed by atoms with Crippen LogP contribution in [0.5, 0.6) is 0 Å². The summed E-state index contributed by atoms with van der Waals surface area (Å²) in [5, 5.41) is 10.3. The van der Waals surface area contributed by atoms with E-state index in [9.17, 15) is 0 Å². The maximum absolute atomic E-state index is 5.10. The Kier molecular flexibility index (Phi) is 6.51. The molecule has 0 saturated carbocycles. The zero-order valence-electron chi connectivity index (χ0n) is 26.3. The van der Waals surface area contributed by atoms with Crippen LogP contribution in [0.3, 0.4) is 0 Å². The molecule has 2 aromatic heterocycles. The van der Waals surface area contributed by atoms with Gasteiger partial charge in [-0.3, -0.25) is 0 Å². The predicted octanol–water partition coefficient (Wildman–Crippen LogP) is 11.4. The molecule has 0 unspecified atom stereocenters. The molecule has 10 rings (SSSR count). The Morgan fingerprint density at radius 3 is 1.29 bits per heavy atom. The van der Waals surface area contributed by atoms with Crippen LogP contribution in [0.25, 0.3) is 96.9 Å². The molecule has 0 aliphatic carbocycles. The molecule has 4 heteroatoms. The predicted molar refractivity (Wildman–Crippen MR) is 206 cm³/mol. The topological polar surface area (TPSA) is 38.7 Å². The Hall–Kier alpha value is -5.93. The first-order valence-electron chi connectivity index (χ1n) is 16.5. The Morgan fingerprint density at radius 1 is 0.286 bits per heavy atom. The molecule has 3 nitrogen and oxygen atoms in total. The van der Waals surface area contributed by atoms with Crippen molar-refractivity contribution in [2.45, 2.75) is 0 Å². The third kappa shape index (κ3) is 4.61. The molecule has 0 aliphatic rings. The van der Waals surface area contributed by atoms with E-state index < -0.39 is 0 Å². The van der Waals surface area contributed by atoms with Gasteiger partial charge in [0.05, 0.1) is 0 Å². The van der Waals surface area contributed by atoms with Crippen LogP contribution in [-0.2, 0) is 0 Å². The summed E-state index contributed by atoms with van der Waals surface area (Å²) in [4.78, 5) is 15.1. The minimum atomic E-state index is 0.0463. The Labute approximate surface area is 288 Å². The molecule has 0 aliphatic heterocycles. The summed E-state index contributed by atoms with van der Waals surface area (Å²) in [7, 11) is 0. The average Bonchev–Trinajstić information content (AvgIpc) is 3.58. The number of rotatable bonds is 4. The fourth-order valence-electron chi connectivity index (χ4n) is 7.23. The second-order valence-electron chi connectivity index (χ2n) is 12.4. The SMILES string of the molecule is c1ccc(-c2nc(-c3ccccc3)nc(-c3cccc4c3[se]c3c(-c5ccc6c7ccccc7c7ccccc7c6c5)cccc34)n2)cc1. The van der Waals surface area contributed by atoms with Crippen LogP contribution in [0.1, 0.15) is 0 Å². The van der Waals surface area contributed by atoms with Crippen molar-refractivity contribution in [3.05, 3.63) is 164 Å². The van der Waals surface area contributed by atoms with Crippen molar-refractivity contribution in [3.63, 3.8) is 0 Å². The monoisotopic (exact) mass is 689 g/mol. The molecule has 0 radical (unpaired) electrons. The van der Waals surface area contributed by atoms with Crippen molar-refractivity contribution in [2.24, 2.45) is 0 Å². The van der Waals surface area contributed by atoms with Gasteiger partial charge in [0.2, 0.25) is 0 Å². The standard InChI is InChI=1S/C45H27N3Se/c1-3-13-28(14-4-1)43-46-44(29-15-5-2-6-16-29)48-45(47-43)39-24-12-23-38-37-22-11-21-31(41(37)49-42(38)39)30-25-26-36-34-19-8-7-17-32(34)33-18-9-10-20-35(33)40(36)27-30/h1-27H. The van der Waals surface area contributed by atoms with Crippen molar-refractivity contribution in [1.82, 2.24) is 15.0 Å². The van der Waals surface area contributed by atoms with Crippen LogP contribution in [0, 0.1) is 0 Å². The quantitative estimate of drug-likeness (QED) is 0.136. The van der Waals surface area contributed by atoms with Gasteiger partial charge in [0.1, 0.15) is 0 Å². The first kappa shape index (κ1) is 28.1. The van der Waals surface area contributed by atoms with Crippen molar-refractivity contribution >= 4 is 66.1 Å². The van der Waals surface area contributed by atoms with Gasteiger partial charge >= 0.3 is 290 Å². The van der Waals surface area contributed by atoms with Crippen LogP contribution in [-0.4, -0.2) is 29.5 Å². The van der Waals surface area contributed by atoms with Crippen molar-refractivity contribution < 1.29 is 0 Å². The second kappa shape index (κ2) is 11.3. The van der Waals surface area contributed by atoms with Crippen LogP contribution >= 0.6 is 0 Å². The molecule has 8 aromatic carbocycles. The fraction of sp³-hybridized carbons (Fsp3) is 0. The number of aromatic nitrogens is 3. The maximum atomic E-state index is 5.10. The molecule has 2 heterocycles. The first-order chi connectivity index (χ1) is 24.3. The summed E-state index contributed by atoms with van der Waals surface area (Å²) in [5.74, 6) is 2.08. The van der Waals surface area contributed by atoms with Gasteiger partial charge in [-0.05, 0) is 0 Å². The molecule has 10 aromatic rings. The van der Waals surface area contributed by atoms with Gasteiger partial charge in [-0.1, -0.05) is 0 Å². The average molecular weight is 689 g/mol. The van der Waals surface area contributed by atoms with Gasteiger partial charge < -0.3 is 0 Å². The number of benzene rings is 8. The van der Waals surface area contributed by atoms with E-state index in [0.29, 0.717) is 17.5 Å². The molecular formula is C45H27N3Se. The van der Waals surface area contributed by atoms with E-state index in [4.69, 9.17) is 15.0 Å². The minimum absolute atomic E-state index is 0.0463. The normalized spacial score (nSPS) is 11.7. The molecule has 0 fully saturated rings. The zero-order valence-corrected chi connectivity index (χ0v) is 28.1. The Bertz CT molecular complexity index is 2780. The van der Waals surface area contributed by atoms with Crippen LogP contribution < -0.4 is 0 Å². The van der Waals surface area contributed by atoms with Gasteiger partial charge in [0.15, 0.2) is 0 Å². The van der Waals surface area contributed by atoms with Crippen LogP contribution in [0.15, 0.2) is 164 Å². The summed E-state index contributed by atoms with van der Waals surface area (Å²) in [5.41, 5.74) is 5.57. The molecule has 0 spiro atoms. The van der Waals surface area contributed by atoms with Gasteiger partial charge in [-0.15, -0.1) is 0 Å². The van der Waals surface area contributed by atoms with Crippen molar-refractivity contribution in [3.8, 4) is 45.3 Å². The summed E-state index contributed by atoms with van der Waals surface area (Å²) >= 11 is 0.0463. The van der Waals surface area contributed by atoms with E-state index in [2.05, 4.69) is 127 Å². The molecule has 0 bridgehead atoms. The van der Waals surface area contributed by atoms with E-state index >= 15 is 0 Å². The number of fused-ring (bicyclic) bond motifs is 9.